The molecule has 0 aliphatic heterocycles. The molecule has 1 aromatic heterocycles. The predicted octanol–water partition coefficient (Wildman–Crippen LogP) is 3.71. The molecule has 8 nitrogen and oxygen atoms in total. The number of nitrogens with one attached hydrogen (secondary N) is 1. The first kappa shape index (κ1) is 22.7. The average Bonchev–Trinajstić information content (AvgIpc) is 3.20. The monoisotopic (exact) mass is 460 g/mol. The Labute approximate surface area is 185 Å². The van der Waals surface area contributed by atoms with Gasteiger partial charge < -0.3 is 4.74 Å². The van der Waals surface area contributed by atoms with Gasteiger partial charge in [0.1, 0.15) is 16.8 Å². The van der Waals surface area contributed by atoms with Crippen LogP contribution in [0.25, 0.3) is 10.6 Å². The van der Waals surface area contributed by atoms with Gasteiger partial charge in [0.15, 0.2) is 0 Å². The summed E-state index contributed by atoms with van der Waals surface area (Å²) in [7, 11) is -2.20. The molecule has 0 fully saturated rings. The van der Waals surface area contributed by atoms with Crippen molar-refractivity contribution in [3.05, 3.63) is 54.1 Å². The highest BCUT2D eigenvalue weighted by Gasteiger charge is 2.32. The van der Waals surface area contributed by atoms with Gasteiger partial charge in [-0.3, -0.25) is 14.4 Å². The molecule has 0 aliphatic rings. The van der Waals surface area contributed by atoms with Crippen molar-refractivity contribution >= 4 is 38.1 Å². The zero-order chi connectivity index (χ0) is 22.6. The standard InChI is InChI=1S/C21H24N4O4S2/c1-5-18(25(31(4,27)28)16-10-12-17(29-3)13-11-16)19(26)22-21-24-23-20(30-21)15-8-6-14(2)7-9-15/h6-13,18H,5H2,1-4H3,(H,22,24,26)/t18-/m1/s1. The van der Waals surface area contributed by atoms with E-state index in [1.54, 1.807) is 31.2 Å². The van der Waals surface area contributed by atoms with Crippen LogP contribution < -0.4 is 14.4 Å². The number of amides is 1. The SMILES string of the molecule is CC[C@H](C(=O)Nc1nnc(-c2ccc(C)cc2)s1)N(c1ccc(OC)cc1)S(C)(=O)=O. The third-order valence-electron chi connectivity index (χ3n) is 4.61. The second-order valence-corrected chi connectivity index (χ2v) is 9.79. The minimum Gasteiger partial charge on any atom is -0.497 e. The normalized spacial score (nSPS) is 12.3. The van der Waals surface area contributed by atoms with E-state index < -0.39 is 22.0 Å². The third kappa shape index (κ3) is 5.39. The summed E-state index contributed by atoms with van der Waals surface area (Å²) in [5.41, 5.74) is 2.40. The minimum atomic E-state index is -3.73. The van der Waals surface area contributed by atoms with Gasteiger partial charge in [-0.15, -0.1) is 10.2 Å². The molecule has 0 unspecified atom stereocenters. The molecule has 10 heteroatoms. The van der Waals surface area contributed by atoms with Crippen LogP contribution >= 0.6 is 11.3 Å². The first-order valence-corrected chi connectivity index (χ1v) is 12.2. The summed E-state index contributed by atoms with van der Waals surface area (Å²) in [6, 6.07) is 13.4. The van der Waals surface area contributed by atoms with E-state index in [0.717, 1.165) is 21.7 Å². The van der Waals surface area contributed by atoms with Crippen LogP contribution in [-0.2, 0) is 14.8 Å². The maximum Gasteiger partial charge on any atom is 0.250 e. The molecule has 1 atom stereocenters. The highest BCUT2D eigenvalue weighted by molar-refractivity contribution is 7.92. The summed E-state index contributed by atoms with van der Waals surface area (Å²) in [6.07, 6.45) is 1.35. The Morgan fingerprint density at radius 2 is 1.77 bits per heavy atom. The minimum absolute atomic E-state index is 0.272. The molecule has 0 saturated carbocycles. The maximum absolute atomic E-state index is 13.0. The second-order valence-electron chi connectivity index (χ2n) is 6.95. The van der Waals surface area contributed by atoms with Crippen LogP contribution in [0.2, 0.25) is 0 Å². The van der Waals surface area contributed by atoms with Gasteiger partial charge in [0.2, 0.25) is 21.1 Å². The van der Waals surface area contributed by atoms with Gasteiger partial charge in [0, 0.05) is 5.56 Å². The topological polar surface area (TPSA) is 101 Å². The van der Waals surface area contributed by atoms with E-state index in [4.69, 9.17) is 4.74 Å². The van der Waals surface area contributed by atoms with Crippen molar-refractivity contribution in [1.82, 2.24) is 10.2 Å². The maximum atomic E-state index is 13.0. The molecule has 0 bridgehead atoms. The van der Waals surface area contributed by atoms with Crippen molar-refractivity contribution in [3.8, 4) is 16.3 Å². The lowest BCUT2D eigenvalue weighted by Crippen LogP contribution is -2.46. The molecule has 1 N–H and O–H groups in total. The number of benzene rings is 2. The Morgan fingerprint density at radius 3 is 2.32 bits per heavy atom. The van der Waals surface area contributed by atoms with Crippen molar-refractivity contribution in [2.45, 2.75) is 26.3 Å². The second kappa shape index (κ2) is 9.44. The largest absolute Gasteiger partial charge is 0.497 e. The third-order valence-corrected chi connectivity index (χ3v) is 6.68. The zero-order valence-corrected chi connectivity index (χ0v) is 19.3. The van der Waals surface area contributed by atoms with Crippen molar-refractivity contribution in [2.24, 2.45) is 0 Å². The molecule has 0 spiro atoms. The highest BCUT2D eigenvalue weighted by Crippen LogP contribution is 2.28. The lowest BCUT2D eigenvalue weighted by atomic mass is 10.2. The van der Waals surface area contributed by atoms with Gasteiger partial charge in [0.05, 0.1) is 19.1 Å². The number of carbonyl (C=O) groups excluding carboxylic acids is 1. The fourth-order valence-corrected chi connectivity index (χ4v) is 5.03. The van der Waals surface area contributed by atoms with Crippen molar-refractivity contribution < 1.29 is 17.9 Å². The number of aromatic nitrogens is 2. The molecule has 0 aliphatic carbocycles. The molecule has 164 valence electrons. The Balaban J connectivity index is 1.84. The van der Waals surface area contributed by atoms with Crippen LogP contribution in [0.1, 0.15) is 18.9 Å². The van der Waals surface area contributed by atoms with E-state index in [1.807, 2.05) is 31.2 Å². The van der Waals surface area contributed by atoms with Crippen LogP contribution in [0.5, 0.6) is 5.75 Å². The number of carbonyl (C=O) groups is 1. The average molecular weight is 461 g/mol. The first-order chi connectivity index (χ1) is 14.7. The van der Waals surface area contributed by atoms with Gasteiger partial charge in [-0.05, 0) is 37.6 Å². The molecule has 3 aromatic rings. The van der Waals surface area contributed by atoms with E-state index in [9.17, 15) is 13.2 Å². The molecule has 0 saturated heterocycles. The van der Waals surface area contributed by atoms with E-state index in [2.05, 4.69) is 15.5 Å². The van der Waals surface area contributed by atoms with Gasteiger partial charge in [0.25, 0.3) is 0 Å². The van der Waals surface area contributed by atoms with Crippen LogP contribution in [0.3, 0.4) is 0 Å². The lowest BCUT2D eigenvalue weighted by Gasteiger charge is -2.29. The molecule has 1 amide bonds. The number of sulfonamides is 1. The predicted molar refractivity (Wildman–Crippen MR) is 123 cm³/mol. The zero-order valence-electron chi connectivity index (χ0n) is 17.7. The smallest absolute Gasteiger partial charge is 0.250 e. The van der Waals surface area contributed by atoms with Crippen LogP contribution in [-0.4, -0.2) is 43.9 Å². The summed E-state index contributed by atoms with van der Waals surface area (Å²) in [4.78, 5) is 13.0. The summed E-state index contributed by atoms with van der Waals surface area (Å²) in [5, 5.41) is 11.9. The van der Waals surface area contributed by atoms with Crippen LogP contribution in [0.15, 0.2) is 48.5 Å². The summed E-state index contributed by atoms with van der Waals surface area (Å²) >= 11 is 1.23. The van der Waals surface area contributed by atoms with Gasteiger partial charge in [-0.1, -0.05) is 48.1 Å². The number of hydrogen-bond acceptors (Lipinski definition) is 7. The highest BCUT2D eigenvalue weighted by atomic mass is 32.2. The Kier molecular flexibility index (Phi) is 6.91. The number of aryl methyl sites for hydroxylation is 1. The van der Waals surface area contributed by atoms with Crippen LogP contribution in [0.4, 0.5) is 10.8 Å². The van der Waals surface area contributed by atoms with Crippen molar-refractivity contribution in [3.63, 3.8) is 0 Å². The molecule has 0 radical (unpaired) electrons. The number of hydrogen-bond donors (Lipinski definition) is 1. The van der Waals surface area contributed by atoms with Gasteiger partial charge in [-0.25, -0.2) is 8.42 Å². The number of anilines is 2. The van der Waals surface area contributed by atoms with Crippen LogP contribution in [0, 0.1) is 6.92 Å². The van der Waals surface area contributed by atoms with E-state index >= 15 is 0 Å². The van der Waals surface area contributed by atoms with E-state index in [0.29, 0.717) is 21.6 Å². The molecular formula is C21H24N4O4S2. The number of methoxy groups -OCH3 is 1. The van der Waals surface area contributed by atoms with Gasteiger partial charge >= 0.3 is 0 Å². The van der Waals surface area contributed by atoms with Gasteiger partial charge in [-0.2, -0.15) is 0 Å². The number of ether oxygens (including phenoxy) is 1. The first-order valence-electron chi connectivity index (χ1n) is 9.57. The Morgan fingerprint density at radius 1 is 1.13 bits per heavy atom. The summed E-state index contributed by atoms with van der Waals surface area (Å²) in [6.45, 7) is 3.75. The van der Waals surface area contributed by atoms with Crippen molar-refractivity contribution in [1.29, 1.82) is 0 Å². The fraction of sp³-hybridized carbons (Fsp3) is 0.286. The number of rotatable bonds is 8. The molecule has 3 rings (SSSR count). The Hall–Kier alpha value is -2.98. The van der Waals surface area contributed by atoms with E-state index in [-0.39, 0.29) is 6.42 Å². The Bertz CT molecular complexity index is 1140. The summed E-state index contributed by atoms with van der Waals surface area (Å²) in [5.74, 6) is 0.113. The van der Waals surface area contributed by atoms with Crippen molar-refractivity contribution in [2.75, 3.05) is 23.0 Å². The fourth-order valence-electron chi connectivity index (χ4n) is 3.06. The number of nitrogens with zero attached hydrogens (tertiary/aromatic N) is 3. The summed E-state index contributed by atoms with van der Waals surface area (Å²) < 4.78 is 31.3. The van der Waals surface area contributed by atoms with E-state index in [1.165, 1.54) is 18.4 Å². The molecule has 31 heavy (non-hydrogen) atoms. The molecule has 2 aromatic carbocycles. The molecule has 1 heterocycles. The lowest BCUT2D eigenvalue weighted by molar-refractivity contribution is -0.117. The quantitative estimate of drug-likeness (QED) is 0.550. The molecular weight excluding hydrogens is 436 g/mol.